The van der Waals surface area contributed by atoms with Gasteiger partial charge in [-0.1, -0.05) is 13.3 Å². The first kappa shape index (κ1) is 10.4. The van der Waals surface area contributed by atoms with Crippen molar-refractivity contribution in [1.82, 2.24) is 10.2 Å². The van der Waals surface area contributed by atoms with Crippen LogP contribution >= 0.6 is 0 Å². The number of hydrogen-bond donors (Lipinski definition) is 1. The van der Waals surface area contributed by atoms with E-state index in [2.05, 4.69) is 17.1 Å². The van der Waals surface area contributed by atoms with Gasteiger partial charge in [-0.05, 0) is 12.8 Å². The summed E-state index contributed by atoms with van der Waals surface area (Å²) >= 11 is 0. The van der Waals surface area contributed by atoms with Gasteiger partial charge in [0.15, 0.2) is 0 Å². The highest BCUT2D eigenvalue weighted by Gasteiger charge is 2.30. The van der Waals surface area contributed by atoms with Crippen LogP contribution in [0.5, 0.6) is 0 Å². The Bertz CT molecular complexity index is 167. The van der Waals surface area contributed by atoms with Crippen molar-refractivity contribution < 1.29 is 4.74 Å². The lowest BCUT2D eigenvalue weighted by molar-refractivity contribution is 0.0844. The minimum Gasteiger partial charge on any atom is -0.380 e. The summed E-state index contributed by atoms with van der Waals surface area (Å²) in [6, 6.07) is 1.45. The number of ether oxygens (including phenoxy) is 1. The van der Waals surface area contributed by atoms with Crippen LogP contribution in [0.1, 0.15) is 26.2 Å². The average Bonchev–Trinajstić information content (AvgIpc) is 2.72. The van der Waals surface area contributed by atoms with E-state index in [0.29, 0.717) is 6.04 Å². The van der Waals surface area contributed by atoms with Crippen LogP contribution in [0.4, 0.5) is 0 Å². The molecule has 2 atom stereocenters. The molecular formula is C11H22N2O. The minimum absolute atomic E-state index is 0.702. The van der Waals surface area contributed by atoms with Gasteiger partial charge in [0.1, 0.15) is 0 Å². The van der Waals surface area contributed by atoms with Gasteiger partial charge >= 0.3 is 0 Å². The van der Waals surface area contributed by atoms with E-state index in [0.717, 1.165) is 25.8 Å². The van der Waals surface area contributed by atoms with E-state index < -0.39 is 0 Å². The van der Waals surface area contributed by atoms with Crippen LogP contribution in [0.3, 0.4) is 0 Å². The van der Waals surface area contributed by atoms with Crippen molar-refractivity contribution in [1.29, 1.82) is 0 Å². The van der Waals surface area contributed by atoms with E-state index >= 15 is 0 Å². The molecule has 2 aliphatic rings. The van der Waals surface area contributed by atoms with Crippen molar-refractivity contribution in [3.8, 4) is 0 Å². The molecule has 3 heteroatoms. The maximum Gasteiger partial charge on any atom is 0.0622 e. The quantitative estimate of drug-likeness (QED) is 0.727. The number of piperazine rings is 1. The van der Waals surface area contributed by atoms with Gasteiger partial charge in [0.25, 0.3) is 0 Å². The summed E-state index contributed by atoms with van der Waals surface area (Å²) in [7, 11) is 0. The molecule has 2 saturated heterocycles. The predicted octanol–water partition coefficient (Wildman–Crippen LogP) is 0.849. The Morgan fingerprint density at radius 1 is 1.50 bits per heavy atom. The molecule has 0 aromatic carbocycles. The zero-order valence-electron chi connectivity index (χ0n) is 9.17. The summed E-state index contributed by atoms with van der Waals surface area (Å²) < 4.78 is 5.47. The third-order valence-electron chi connectivity index (χ3n) is 3.39. The molecule has 1 N–H and O–H groups in total. The summed E-state index contributed by atoms with van der Waals surface area (Å²) in [5.41, 5.74) is 0. The summed E-state index contributed by atoms with van der Waals surface area (Å²) in [6.07, 6.45) is 3.85. The van der Waals surface area contributed by atoms with Gasteiger partial charge in [-0.2, -0.15) is 0 Å². The monoisotopic (exact) mass is 198 g/mol. The van der Waals surface area contributed by atoms with Crippen LogP contribution in [0.2, 0.25) is 0 Å². The molecule has 0 bridgehead atoms. The molecule has 0 aliphatic carbocycles. The van der Waals surface area contributed by atoms with Gasteiger partial charge in [0.05, 0.1) is 6.61 Å². The van der Waals surface area contributed by atoms with Gasteiger partial charge < -0.3 is 10.1 Å². The highest BCUT2D eigenvalue weighted by molar-refractivity contribution is 4.86. The molecule has 2 unspecified atom stereocenters. The summed E-state index contributed by atoms with van der Waals surface area (Å²) in [5.74, 6) is 0. The van der Waals surface area contributed by atoms with Gasteiger partial charge in [0, 0.05) is 38.3 Å². The topological polar surface area (TPSA) is 24.5 Å². The van der Waals surface area contributed by atoms with Crippen molar-refractivity contribution in [3.05, 3.63) is 0 Å². The van der Waals surface area contributed by atoms with Crippen LogP contribution in [-0.4, -0.2) is 49.8 Å². The molecule has 0 saturated carbocycles. The number of hydrogen-bond acceptors (Lipinski definition) is 3. The molecule has 0 radical (unpaired) electrons. The molecule has 0 spiro atoms. The molecule has 2 aliphatic heterocycles. The van der Waals surface area contributed by atoms with Crippen molar-refractivity contribution in [2.75, 3.05) is 32.8 Å². The standard InChI is InChI=1S/C11H22N2O/c1-2-3-10-8-12-5-6-13(10)11-4-7-14-9-11/h10-12H,2-9H2,1H3. The SMILES string of the molecule is CCCC1CNCCN1C1CCOC1. The van der Waals surface area contributed by atoms with Crippen LogP contribution in [0.15, 0.2) is 0 Å². The minimum atomic E-state index is 0.702. The van der Waals surface area contributed by atoms with E-state index in [4.69, 9.17) is 4.74 Å². The van der Waals surface area contributed by atoms with E-state index in [1.54, 1.807) is 0 Å². The Morgan fingerprint density at radius 2 is 2.43 bits per heavy atom. The molecule has 0 amide bonds. The first-order chi connectivity index (χ1) is 6.92. The van der Waals surface area contributed by atoms with Crippen LogP contribution in [0, 0.1) is 0 Å². The Balaban J connectivity index is 1.91. The van der Waals surface area contributed by atoms with Crippen LogP contribution in [0.25, 0.3) is 0 Å². The predicted molar refractivity (Wildman–Crippen MR) is 57.5 cm³/mol. The van der Waals surface area contributed by atoms with Crippen molar-refractivity contribution >= 4 is 0 Å². The van der Waals surface area contributed by atoms with Gasteiger partial charge in [-0.15, -0.1) is 0 Å². The third-order valence-corrected chi connectivity index (χ3v) is 3.39. The largest absolute Gasteiger partial charge is 0.380 e. The lowest BCUT2D eigenvalue weighted by Gasteiger charge is -2.39. The molecular weight excluding hydrogens is 176 g/mol. The Hall–Kier alpha value is -0.120. The second-order valence-corrected chi connectivity index (χ2v) is 4.40. The molecule has 2 fully saturated rings. The second-order valence-electron chi connectivity index (χ2n) is 4.40. The van der Waals surface area contributed by atoms with Crippen molar-refractivity contribution in [3.63, 3.8) is 0 Å². The lowest BCUT2D eigenvalue weighted by atomic mass is 10.0. The highest BCUT2D eigenvalue weighted by atomic mass is 16.5. The average molecular weight is 198 g/mol. The van der Waals surface area contributed by atoms with E-state index in [1.165, 1.54) is 32.4 Å². The Morgan fingerprint density at radius 3 is 3.14 bits per heavy atom. The lowest BCUT2D eigenvalue weighted by Crippen LogP contribution is -2.55. The summed E-state index contributed by atoms with van der Waals surface area (Å²) in [5, 5.41) is 3.49. The molecule has 14 heavy (non-hydrogen) atoms. The fourth-order valence-electron chi connectivity index (χ4n) is 2.64. The number of nitrogens with zero attached hydrogens (tertiary/aromatic N) is 1. The van der Waals surface area contributed by atoms with E-state index in [1.807, 2.05) is 0 Å². The molecule has 0 aromatic heterocycles. The first-order valence-electron chi connectivity index (χ1n) is 5.96. The van der Waals surface area contributed by atoms with Gasteiger partial charge in [-0.25, -0.2) is 0 Å². The fourth-order valence-corrected chi connectivity index (χ4v) is 2.64. The van der Waals surface area contributed by atoms with Crippen LogP contribution < -0.4 is 5.32 Å². The van der Waals surface area contributed by atoms with Crippen molar-refractivity contribution in [2.24, 2.45) is 0 Å². The first-order valence-corrected chi connectivity index (χ1v) is 5.96. The zero-order chi connectivity index (χ0) is 9.80. The smallest absolute Gasteiger partial charge is 0.0622 e. The van der Waals surface area contributed by atoms with E-state index in [9.17, 15) is 0 Å². The molecule has 82 valence electrons. The van der Waals surface area contributed by atoms with E-state index in [-0.39, 0.29) is 0 Å². The fraction of sp³-hybridized carbons (Fsp3) is 1.00. The van der Waals surface area contributed by atoms with Gasteiger partial charge in [0.2, 0.25) is 0 Å². The number of nitrogens with one attached hydrogen (secondary N) is 1. The summed E-state index contributed by atoms with van der Waals surface area (Å²) in [6.45, 7) is 7.73. The molecule has 0 aromatic rings. The molecule has 2 rings (SSSR count). The maximum absolute atomic E-state index is 5.47. The summed E-state index contributed by atoms with van der Waals surface area (Å²) in [4.78, 5) is 2.67. The van der Waals surface area contributed by atoms with Gasteiger partial charge in [-0.3, -0.25) is 4.90 Å². The highest BCUT2D eigenvalue weighted by Crippen LogP contribution is 2.19. The van der Waals surface area contributed by atoms with Crippen LogP contribution in [-0.2, 0) is 4.74 Å². The molecule has 2 heterocycles. The second kappa shape index (κ2) is 5.10. The Kier molecular flexibility index (Phi) is 3.79. The Labute approximate surface area is 86.8 Å². The van der Waals surface area contributed by atoms with Crippen molar-refractivity contribution in [2.45, 2.75) is 38.3 Å². The maximum atomic E-state index is 5.47. The normalized spacial score (nSPS) is 34.9. The third kappa shape index (κ3) is 2.27. The molecule has 3 nitrogen and oxygen atoms in total. The zero-order valence-corrected chi connectivity index (χ0v) is 9.17. The number of rotatable bonds is 3.